The zero-order valence-electron chi connectivity index (χ0n) is 7.96. The number of hydrogen-bond donors (Lipinski definition) is 2. The third-order valence-corrected chi connectivity index (χ3v) is 2.88. The number of carbonyl (C=O) groups is 1. The number of rotatable bonds is 6. The lowest BCUT2D eigenvalue weighted by atomic mass is 10.6. The second kappa shape index (κ2) is 5.93. The highest BCUT2D eigenvalue weighted by Gasteiger charge is 2.06. The van der Waals surface area contributed by atoms with E-state index in [0.717, 1.165) is 0 Å². The van der Waals surface area contributed by atoms with E-state index in [0.29, 0.717) is 13.0 Å². The van der Waals surface area contributed by atoms with E-state index in [1.807, 2.05) is 0 Å². The van der Waals surface area contributed by atoms with Gasteiger partial charge in [-0.25, -0.2) is 13.1 Å². The normalized spacial score (nSPS) is 11.2. The van der Waals surface area contributed by atoms with E-state index in [1.165, 1.54) is 6.92 Å². The van der Waals surface area contributed by atoms with E-state index >= 15 is 0 Å². The Bertz CT molecular complexity index is 248. The smallest absolute Gasteiger partial charge is 0.216 e. The molecule has 0 saturated carbocycles. The van der Waals surface area contributed by atoms with E-state index in [4.69, 9.17) is 0 Å². The molecule has 0 spiro atoms. The third kappa shape index (κ3) is 7.73. The van der Waals surface area contributed by atoms with Gasteiger partial charge in [0.2, 0.25) is 15.9 Å². The van der Waals surface area contributed by atoms with Crippen LogP contribution in [0, 0.1) is 0 Å². The van der Waals surface area contributed by atoms with Crippen LogP contribution in [0.25, 0.3) is 0 Å². The summed E-state index contributed by atoms with van der Waals surface area (Å²) in [6.07, 6.45) is 0.593. The highest BCUT2D eigenvalue weighted by molar-refractivity contribution is 7.89. The van der Waals surface area contributed by atoms with Gasteiger partial charge in [0.1, 0.15) is 0 Å². The standard InChI is InChI=1S/C7H16N2O3S/c1-3-6-13(11,12)9-5-4-8-7(2)10/h9H,3-6H2,1-2H3,(H,8,10). The van der Waals surface area contributed by atoms with Gasteiger partial charge in [0.15, 0.2) is 0 Å². The maximum absolute atomic E-state index is 11.1. The fraction of sp³-hybridized carbons (Fsp3) is 0.857. The zero-order valence-corrected chi connectivity index (χ0v) is 8.78. The molecule has 0 unspecified atom stereocenters. The molecule has 13 heavy (non-hydrogen) atoms. The fourth-order valence-electron chi connectivity index (χ4n) is 0.786. The van der Waals surface area contributed by atoms with Crippen LogP contribution in [0.2, 0.25) is 0 Å². The molecule has 0 fully saturated rings. The van der Waals surface area contributed by atoms with Gasteiger partial charge in [0, 0.05) is 20.0 Å². The lowest BCUT2D eigenvalue weighted by Crippen LogP contribution is -2.34. The molecular weight excluding hydrogens is 192 g/mol. The van der Waals surface area contributed by atoms with Gasteiger partial charge in [-0.05, 0) is 6.42 Å². The third-order valence-electron chi connectivity index (χ3n) is 1.29. The summed E-state index contributed by atoms with van der Waals surface area (Å²) in [5.74, 6) is -0.0257. The molecular formula is C7H16N2O3S. The number of hydrogen-bond acceptors (Lipinski definition) is 3. The fourth-order valence-corrected chi connectivity index (χ4v) is 1.88. The second-order valence-electron chi connectivity index (χ2n) is 2.70. The lowest BCUT2D eigenvalue weighted by Gasteiger charge is -2.05. The molecule has 0 bridgehead atoms. The van der Waals surface area contributed by atoms with Gasteiger partial charge in [-0.1, -0.05) is 6.92 Å². The molecule has 0 aliphatic rings. The minimum Gasteiger partial charge on any atom is -0.355 e. The first kappa shape index (κ1) is 12.4. The first-order chi connectivity index (χ1) is 5.98. The number of sulfonamides is 1. The van der Waals surface area contributed by atoms with Gasteiger partial charge in [-0.15, -0.1) is 0 Å². The van der Waals surface area contributed by atoms with Gasteiger partial charge in [0.25, 0.3) is 0 Å². The van der Waals surface area contributed by atoms with Gasteiger partial charge in [0.05, 0.1) is 5.75 Å². The predicted molar refractivity (Wildman–Crippen MR) is 50.8 cm³/mol. The topological polar surface area (TPSA) is 75.3 Å². The molecule has 0 atom stereocenters. The summed E-state index contributed by atoms with van der Waals surface area (Å²) in [5, 5.41) is 2.49. The molecule has 78 valence electrons. The van der Waals surface area contributed by atoms with Crippen LogP contribution in [0.4, 0.5) is 0 Å². The van der Waals surface area contributed by atoms with Crippen LogP contribution in [0.5, 0.6) is 0 Å². The molecule has 2 N–H and O–H groups in total. The van der Waals surface area contributed by atoms with Crippen molar-refractivity contribution >= 4 is 15.9 Å². The molecule has 0 radical (unpaired) electrons. The van der Waals surface area contributed by atoms with Crippen molar-refractivity contribution in [1.82, 2.24) is 10.0 Å². The van der Waals surface area contributed by atoms with Crippen LogP contribution < -0.4 is 10.0 Å². The Hall–Kier alpha value is -0.620. The summed E-state index contributed by atoms with van der Waals surface area (Å²) in [4.78, 5) is 10.4. The largest absolute Gasteiger partial charge is 0.355 e. The van der Waals surface area contributed by atoms with Gasteiger partial charge < -0.3 is 5.32 Å². The molecule has 0 aromatic rings. The van der Waals surface area contributed by atoms with Crippen molar-refractivity contribution in [2.45, 2.75) is 20.3 Å². The van der Waals surface area contributed by atoms with Crippen molar-refractivity contribution in [1.29, 1.82) is 0 Å². The average Bonchev–Trinajstić information content (AvgIpc) is 1.98. The molecule has 0 aromatic carbocycles. The second-order valence-corrected chi connectivity index (χ2v) is 4.62. The first-order valence-electron chi connectivity index (χ1n) is 4.19. The molecule has 0 aliphatic carbocycles. The van der Waals surface area contributed by atoms with Gasteiger partial charge in [-0.2, -0.15) is 0 Å². The van der Waals surface area contributed by atoms with Crippen LogP contribution in [0.3, 0.4) is 0 Å². The highest BCUT2D eigenvalue weighted by Crippen LogP contribution is 1.86. The van der Waals surface area contributed by atoms with Crippen LogP contribution in [0.15, 0.2) is 0 Å². The highest BCUT2D eigenvalue weighted by atomic mass is 32.2. The van der Waals surface area contributed by atoms with Crippen LogP contribution in [-0.4, -0.2) is 33.2 Å². The van der Waals surface area contributed by atoms with Gasteiger partial charge in [-0.3, -0.25) is 4.79 Å². The number of carbonyl (C=O) groups excluding carboxylic acids is 1. The molecule has 0 aromatic heterocycles. The van der Waals surface area contributed by atoms with Crippen LogP contribution in [0.1, 0.15) is 20.3 Å². The number of nitrogens with one attached hydrogen (secondary N) is 2. The van der Waals surface area contributed by atoms with E-state index < -0.39 is 10.0 Å². The van der Waals surface area contributed by atoms with E-state index in [9.17, 15) is 13.2 Å². The Labute approximate surface area is 79.0 Å². The van der Waals surface area contributed by atoms with Crippen molar-refractivity contribution < 1.29 is 13.2 Å². The maximum Gasteiger partial charge on any atom is 0.216 e. The molecule has 5 nitrogen and oxygen atoms in total. The van der Waals surface area contributed by atoms with E-state index in [2.05, 4.69) is 10.0 Å². The Balaban J connectivity index is 3.58. The lowest BCUT2D eigenvalue weighted by molar-refractivity contribution is -0.118. The Morgan fingerprint density at radius 1 is 1.31 bits per heavy atom. The van der Waals surface area contributed by atoms with Crippen LogP contribution >= 0.6 is 0 Å². The molecule has 0 heterocycles. The average molecular weight is 208 g/mol. The molecule has 0 rings (SSSR count). The van der Waals surface area contributed by atoms with Crippen molar-refractivity contribution in [3.05, 3.63) is 0 Å². The minimum atomic E-state index is -3.13. The maximum atomic E-state index is 11.1. The molecule has 6 heteroatoms. The molecule has 0 aliphatic heterocycles. The number of amides is 1. The Kier molecular flexibility index (Phi) is 5.65. The van der Waals surface area contributed by atoms with Gasteiger partial charge >= 0.3 is 0 Å². The van der Waals surface area contributed by atoms with Crippen LogP contribution in [-0.2, 0) is 14.8 Å². The molecule has 1 amide bonds. The zero-order chi connectivity index (χ0) is 10.3. The quantitative estimate of drug-likeness (QED) is 0.575. The summed E-state index contributed by atoms with van der Waals surface area (Å²) in [7, 11) is -3.13. The minimum absolute atomic E-state index is 0.132. The van der Waals surface area contributed by atoms with E-state index in [-0.39, 0.29) is 18.2 Å². The summed E-state index contributed by atoms with van der Waals surface area (Å²) >= 11 is 0. The summed E-state index contributed by atoms with van der Waals surface area (Å²) < 4.78 is 24.5. The Morgan fingerprint density at radius 2 is 1.92 bits per heavy atom. The Morgan fingerprint density at radius 3 is 2.38 bits per heavy atom. The molecule has 0 saturated heterocycles. The van der Waals surface area contributed by atoms with Crippen molar-refractivity contribution in [2.75, 3.05) is 18.8 Å². The van der Waals surface area contributed by atoms with Crippen molar-refractivity contribution in [3.63, 3.8) is 0 Å². The summed E-state index contributed by atoms with van der Waals surface area (Å²) in [5.41, 5.74) is 0. The summed E-state index contributed by atoms with van der Waals surface area (Å²) in [6, 6.07) is 0. The predicted octanol–water partition coefficient (Wildman–Crippen LogP) is -0.548. The SMILES string of the molecule is CCCS(=O)(=O)NCCNC(C)=O. The van der Waals surface area contributed by atoms with E-state index in [1.54, 1.807) is 6.92 Å². The first-order valence-corrected chi connectivity index (χ1v) is 5.85. The monoisotopic (exact) mass is 208 g/mol. The van der Waals surface area contributed by atoms with Crippen molar-refractivity contribution in [3.8, 4) is 0 Å². The summed E-state index contributed by atoms with van der Waals surface area (Å²) in [6.45, 7) is 3.77. The van der Waals surface area contributed by atoms with Crippen molar-refractivity contribution in [2.24, 2.45) is 0 Å².